The Morgan fingerprint density at radius 2 is 2.12 bits per heavy atom. The van der Waals surface area contributed by atoms with Crippen molar-refractivity contribution in [2.24, 2.45) is 0 Å². The van der Waals surface area contributed by atoms with Gasteiger partial charge >= 0.3 is 12.1 Å². The average molecular weight is 241 g/mol. The monoisotopic (exact) mass is 241 g/mol. The van der Waals surface area contributed by atoms with E-state index in [0.717, 1.165) is 0 Å². The first-order chi connectivity index (χ1) is 7.78. The summed E-state index contributed by atoms with van der Waals surface area (Å²) in [4.78, 5) is 22.2. The Kier molecular flexibility index (Phi) is 4.15. The lowest BCUT2D eigenvalue weighted by Crippen LogP contribution is -2.39. The normalized spacial score (nSPS) is 20.4. The van der Waals surface area contributed by atoms with Crippen molar-refractivity contribution in [2.45, 2.75) is 51.7 Å². The summed E-state index contributed by atoms with van der Waals surface area (Å²) in [5.41, 5.74) is -0.0897. The number of carboxylic acid groups (broad SMARTS) is 1. The molecule has 0 heterocycles. The lowest BCUT2D eigenvalue weighted by molar-refractivity contribution is -0.132. The van der Waals surface area contributed by atoms with E-state index in [4.69, 9.17) is 9.84 Å². The lowest BCUT2D eigenvalue weighted by atomic mass is 9.95. The number of amides is 1. The van der Waals surface area contributed by atoms with Gasteiger partial charge in [-0.25, -0.2) is 9.59 Å². The Morgan fingerprint density at radius 1 is 1.47 bits per heavy atom. The van der Waals surface area contributed by atoms with Crippen molar-refractivity contribution in [3.8, 4) is 0 Å². The van der Waals surface area contributed by atoms with E-state index in [2.05, 4.69) is 5.32 Å². The fraction of sp³-hybridized carbons (Fsp3) is 0.667. The minimum atomic E-state index is -0.874. The molecule has 5 nitrogen and oxygen atoms in total. The van der Waals surface area contributed by atoms with Crippen LogP contribution in [-0.2, 0) is 9.53 Å². The molecule has 0 saturated carbocycles. The number of hydrogen-bond acceptors (Lipinski definition) is 3. The molecule has 1 amide bonds. The van der Waals surface area contributed by atoms with Crippen LogP contribution in [0.15, 0.2) is 11.6 Å². The summed E-state index contributed by atoms with van der Waals surface area (Å²) in [7, 11) is 0. The molecule has 0 aromatic heterocycles. The van der Waals surface area contributed by atoms with Crippen molar-refractivity contribution in [2.75, 3.05) is 0 Å². The second-order valence-electron chi connectivity index (χ2n) is 5.15. The number of alkyl carbamates (subject to hydrolysis) is 1. The summed E-state index contributed by atoms with van der Waals surface area (Å²) in [5, 5.41) is 11.5. The van der Waals surface area contributed by atoms with Gasteiger partial charge in [0.15, 0.2) is 0 Å². The number of rotatable bonds is 2. The summed E-state index contributed by atoms with van der Waals surface area (Å²) >= 11 is 0. The Labute approximate surface area is 101 Å². The molecule has 17 heavy (non-hydrogen) atoms. The third-order valence-electron chi connectivity index (χ3n) is 2.41. The van der Waals surface area contributed by atoms with Gasteiger partial charge in [0, 0.05) is 11.6 Å². The maximum absolute atomic E-state index is 11.5. The van der Waals surface area contributed by atoms with Gasteiger partial charge in [0.1, 0.15) is 5.60 Å². The minimum absolute atomic E-state index is 0.0343. The van der Waals surface area contributed by atoms with E-state index in [9.17, 15) is 9.59 Å². The van der Waals surface area contributed by atoms with Crippen molar-refractivity contribution < 1.29 is 19.4 Å². The summed E-state index contributed by atoms with van der Waals surface area (Å²) < 4.78 is 5.13. The van der Waals surface area contributed by atoms with Gasteiger partial charge in [-0.05, 0) is 40.0 Å². The number of hydrogen-bond donors (Lipinski definition) is 2. The Bertz CT molecular complexity index is 341. The number of carbonyl (C=O) groups excluding carboxylic acids is 1. The molecule has 96 valence electrons. The second kappa shape index (κ2) is 5.21. The van der Waals surface area contributed by atoms with E-state index in [0.29, 0.717) is 24.8 Å². The number of ether oxygens (including phenoxy) is 1. The van der Waals surface area contributed by atoms with Crippen LogP contribution < -0.4 is 5.32 Å². The molecule has 0 bridgehead atoms. The molecule has 0 radical (unpaired) electrons. The molecular weight excluding hydrogens is 222 g/mol. The Morgan fingerprint density at radius 3 is 2.53 bits per heavy atom. The maximum Gasteiger partial charge on any atom is 0.407 e. The zero-order valence-corrected chi connectivity index (χ0v) is 10.4. The molecule has 0 spiro atoms. The van der Waals surface area contributed by atoms with Crippen LogP contribution >= 0.6 is 0 Å². The van der Waals surface area contributed by atoms with Gasteiger partial charge in [-0.1, -0.05) is 6.08 Å². The molecule has 1 aliphatic carbocycles. The molecule has 5 heteroatoms. The second-order valence-corrected chi connectivity index (χ2v) is 5.15. The molecule has 0 unspecified atom stereocenters. The number of aliphatic carboxylic acids is 1. The van der Waals surface area contributed by atoms with Gasteiger partial charge in [0.2, 0.25) is 0 Å². The fourth-order valence-corrected chi connectivity index (χ4v) is 1.63. The summed E-state index contributed by atoms with van der Waals surface area (Å²) in [6.07, 6.45) is 2.87. The molecule has 2 N–H and O–H groups in total. The van der Waals surface area contributed by atoms with Crippen LogP contribution in [-0.4, -0.2) is 28.8 Å². The van der Waals surface area contributed by atoms with Crippen LogP contribution in [0.25, 0.3) is 0 Å². The van der Waals surface area contributed by atoms with Gasteiger partial charge in [-0.15, -0.1) is 0 Å². The first kappa shape index (κ1) is 13.5. The molecule has 1 rings (SSSR count). The predicted molar refractivity (Wildman–Crippen MR) is 62.7 cm³/mol. The van der Waals surface area contributed by atoms with Crippen LogP contribution in [0.3, 0.4) is 0 Å². The van der Waals surface area contributed by atoms with Gasteiger partial charge < -0.3 is 15.2 Å². The summed E-state index contributed by atoms with van der Waals surface area (Å²) in [5.74, 6) is -0.874. The van der Waals surface area contributed by atoms with Crippen molar-refractivity contribution in [3.63, 3.8) is 0 Å². The highest BCUT2D eigenvalue weighted by Gasteiger charge is 2.22. The highest BCUT2D eigenvalue weighted by molar-refractivity contribution is 5.86. The smallest absolute Gasteiger partial charge is 0.407 e. The largest absolute Gasteiger partial charge is 0.478 e. The zero-order chi connectivity index (χ0) is 13.1. The minimum Gasteiger partial charge on any atom is -0.478 e. The molecule has 0 aliphatic heterocycles. The quantitative estimate of drug-likeness (QED) is 0.776. The molecule has 0 aromatic carbocycles. The molecule has 1 atom stereocenters. The predicted octanol–water partition coefficient (Wildman–Crippen LogP) is 2.07. The molecule has 0 saturated heterocycles. The van der Waals surface area contributed by atoms with Crippen molar-refractivity contribution in [1.82, 2.24) is 5.32 Å². The highest BCUT2D eigenvalue weighted by Crippen LogP contribution is 2.18. The van der Waals surface area contributed by atoms with Crippen molar-refractivity contribution in [3.05, 3.63) is 11.6 Å². The number of carbonyl (C=O) groups is 2. The Balaban J connectivity index is 2.41. The first-order valence-electron chi connectivity index (χ1n) is 5.70. The van der Waals surface area contributed by atoms with Gasteiger partial charge in [-0.3, -0.25) is 0 Å². The number of carboxylic acids is 1. The van der Waals surface area contributed by atoms with E-state index in [1.165, 1.54) is 0 Å². The summed E-state index contributed by atoms with van der Waals surface area (Å²) in [6, 6.07) is -0.0343. The average Bonchev–Trinajstić information content (AvgIpc) is 2.15. The highest BCUT2D eigenvalue weighted by atomic mass is 16.6. The maximum atomic E-state index is 11.5. The van der Waals surface area contributed by atoms with Gasteiger partial charge in [-0.2, -0.15) is 0 Å². The zero-order valence-electron chi connectivity index (χ0n) is 10.4. The van der Waals surface area contributed by atoms with E-state index < -0.39 is 17.7 Å². The number of nitrogens with one attached hydrogen (secondary N) is 1. The van der Waals surface area contributed by atoms with Crippen LogP contribution in [0.4, 0.5) is 4.79 Å². The third-order valence-corrected chi connectivity index (χ3v) is 2.41. The van der Waals surface area contributed by atoms with E-state index in [1.807, 2.05) is 0 Å². The van der Waals surface area contributed by atoms with Crippen molar-refractivity contribution >= 4 is 12.1 Å². The fourth-order valence-electron chi connectivity index (χ4n) is 1.63. The van der Waals surface area contributed by atoms with Gasteiger partial charge in [0.05, 0.1) is 0 Å². The molecule has 1 aliphatic rings. The first-order valence-corrected chi connectivity index (χ1v) is 5.70. The Hall–Kier alpha value is -1.52. The molecule has 0 fully saturated rings. The van der Waals surface area contributed by atoms with Crippen LogP contribution in [0.2, 0.25) is 0 Å². The molecular formula is C12H19NO4. The van der Waals surface area contributed by atoms with Crippen LogP contribution in [0.1, 0.15) is 40.0 Å². The lowest BCUT2D eigenvalue weighted by Gasteiger charge is -2.25. The molecule has 0 aromatic rings. The summed E-state index contributed by atoms with van der Waals surface area (Å²) in [6.45, 7) is 5.40. The van der Waals surface area contributed by atoms with E-state index in [1.54, 1.807) is 26.8 Å². The topological polar surface area (TPSA) is 75.6 Å². The standard InChI is InChI=1S/C12H19NO4/c1-12(2,3)17-11(16)13-9-6-4-8(5-7-9)10(14)15/h4,9H,5-7H2,1-3H3,(H,13,16)(H,14,15)/t9-/m1/s1. The third kappa shape index (κ3) is 4.89. The van der Waals surface area contributed by atoms with E-state index in [-0.39, 0.29) is 6.04 Å². The SMILES string of the molecule is CC(C)(C)OC(=O)N[C@@H]1CC=C(C(=O)O)CC1. The van der Waals surface area contributed by atoms with Crippen LogP contribution in [0, 0.1) is 0 Å². The van der Waals surface area contributed by atoms with Gasteiger partial charge in [0.25, 0.3) is 0 Å². The van der Waals surface area contributed by atoms with Crippen molar-refractivity contribution in [1.29, 1.82) is 0 Å². The van der Waals surface area contributed by atoms with Crippen LogP contribution in [0.5, 0.6) is 0 Å². The van der Waals surface area contributed by atoms with E-state index >= 15 is 0 Å².